The number of terminal acetylenes is 1. The number of nitrogens with one attached hydrogen (secondary N) is 2. The Morgan fingerprint density at radius 3 is 2.60 bits per heavy atom. The molecule has 0 aliphatic carbocycles. The van der Waals surface area contributed by atoms with E-state index in [0.29, 0.717) is 0 Å². The topological polar surface area (TPSA) is 160 Å². The number of carboxylic acid groups (broad SMARTS) is 1. The van der Waals surface area contributed by atoms with Gasteiger partial charge in [0.05, 0.1) is 23.7 Å². The van der Waals surface area contributed by atoms with E-state index in [-0.39, 0.29) is 22.2 Å². The molecule has 0 fully saturated rings. The zero-order chi connectivity index (χ0) is 19.0. The fourth-order valence-electron chi connectivity index (χ4n) is 1.71. The summed E-state index contributed by atoms with van der Waals surface area (Å²) in [7, 11) is 0. The molecule has 25 heavy (non-hydrogen) atoms. The molecule has 10 heteroatoms. The largest absolute Gasteiger partial charge is 0.481 e. The van der Waals surface area contributed by atoms with Gasteiger partial charge in [0.25, 0.3) is 5.91 Å². The van der Waals surface area contributed by atoms with Crippen molar-refractivity contribution < 1.29 is 19.5 Å². The second-order valence-corrected chi connectivity index (χ2v) is 5.18. The number of carbonyl (C=O) groups excluding carboxylic acids is 2. The van der Waals surface area contributed by atoms with Gasteiger partial charge in [-0.15, -0.1) is 6.42 Å². The van der Waals surface area contributed by atoms with Crippen LogP contribution in [0, 0.1) is 12.3 Å². The number of halogens is 1. The molecule has 1 rings (SSSR count). The smallest absolute Gasteiger partial charge is 0.306 e. The summed E-state index contributed by atoms with van der Waals surface area (Å²) < 4.78 is 0. The van der Waals surface area contributed by atoms with Gasteiger partial charge in [0.15, 0.2) is 5.96 Å². The lowest BCUT2D eigenvalue weighted by atomic mass is 10.2. The van der Waals surface area contributed by atoms with Crippen LogP contribution in [-0.4, -0.2) is 41.4 Å². The maximum atomic E-state index is 12.1. The van der Waals surface area contributed by atoms with E-state index in [1.807, 2.05) is 0 Å². The summed E-state index contributed by atoms with van der Waals surface area (Å²) in [6.45, 7) is -0.392. The van der Waals surface area contributed by atoms with Crippen LogP contribution in [0.4, 0.5) is 5.69 Å². The summed E-state index contributed by atoms with van der Waals surface area (Å²) in [4.78, 5) is 38.1. The molecule has 1 atom stereocenters. The third-order valence-corrected chi connectivity index (χ3v) is 3.10. The Kier molecular flexibility index (Phi) is 7.24. The van der Waals surface area contributed by atoms with Gasteiger partial charge in [-0.25, -0.2) is 4.99 Å². The van der Waals surface area contributed by atoms with Crippen LogP contribution < -0.4 is 22.1 Å². The zero-order valence-corrected chi connectivity index (χ0v) is 13.7. The molecule has 7 N–H and O–H groups in total. The maximum Gasteiger partial charge on any atom is 0.306 e. The molecule has 1 aromatic carbocycles. The van der Waals surface area contributed by atoms with Crippen molar-refractivity contribution in [2.45, 2.75) is 12.5 Å². The van der Waals surface area contributed by atoms with Gasteiger partial charge < -0.3 is 27.2 Å². The molecular formula is C15H16ClN5O4. The predicted molar refractivity (Wildman–Crippen MR) is 92.3 cm³/mol. The van der Waals surface area contributed by atoms with Crippen molar-refractivity contribution in [2.24, 2.45) is 16.5 Å². The number of aliphatic imine (C=N–C) groups is 1. The number of rotatable bonds is 7. The summed E-state index contributed by atoms with van der Waals surface area (Å²) in [5, 5.41) is 13.6. The molecule has 0 saturated carbocycles. The van der Waals surface area contributed by atoms with Crippen molar-refractivity contribution >= 4 is 41.0 Å². The van der Waals surface area contributed by atoms with E-state index >= 15 is 0 Å². The second-order valence-electron chi connectivity index (χ2n) is 4.77. The highest BCUT2D eigenvalue weighted by molar-refractivity contribution is 6.33. The number of nitrogens with two attached hydrogens (primary N) is 2. The molecular weight excluding hydrogens is 350 g/mol. The Balaban J connectivity index is 2.68. The summed E-state index contributed by atoms with van der Waals surface area (Å²) in [6.07, 6.45) is 4.70. The lowest BCUT2D eigenvalue weighted by molar-refractivity contribution is -0.137. The lowest BCUT2D eigenvalue weighted by Crippen LogP contribution is -2.42. The van der Waals surface area contributed by atoms with Crippen LogP contribution in [0.1, 0.15) is 16.8 Å². The number of aliphatic carboxylic acids is 1. The van der Waals surface area contributed by atoms with E-state index in [2.05, 4.69) is 21.5 Å². The van der Waals surface area contributed by atoms with Crippen molar-refractivity contribution in [3.05, 3.63) is 28.8 Å². The number of carboxylic acids is 1. The van der Waals surface area contributed by atoms with E-state index in [4.69, 9.17) is 34.6 Å². The monoisotopic (exact) mass is 365 g/mol. The molecule has 0 radical (unpaired) electrons. The highest BCUT2D eigenvalue weighted by Crippen LogP contribution is 2.25. The van der Waals surface area contributed by atoms with Crippen LogP contribution in [0.2, 0.25) is 5.02 Å². The van der Waals surface area contributed by atoms with Crippen molar-refractivity contribution in [1.29, 1.82) is 0 Å². The number of hydrogen-bond acceptors (Lipinski definition) is 4. The van der Waals surface area contributed by atoms with Crippen molar-refractivity contribution in [3.63, 3.8) is 0 Å². The first-order valence-electron chi connectivity index (χ1n) is 6.87. The Bertz CT molecular complexity index is 753. The molecule has 0 saturated heterocycles. The summed E-state index contributed by atoms with van der Waals surface area (Å²) in [5.74, 6) is -0.443. The van der Waals surface area contributed by atoms with E-state index in [1.54, 1.807) is 0 Å². The third kappa shape index (κ3) is 6.80. The molecule has 0 aliphatic heterocycles. The molecule has 0 aromatic heterocycles. The van der Waals surface area contributed by atoms with Crippen molar-refractivity contribution in [1.82, 2.24) is 10.6 Å². The minimum atomic E-state index is -1.15. The van der Waals surface area contributed by atoms with Crippen LogP contribution in [0.3, 0.4) is 0 Å². The van der Waals surface area contributed by atoms with E-state index in [9.17, 15) is 14.4 Å². The predicted octanol–water partition coefficient (Wildman–Crippen LogP) is -0.433. The SMILES string of the molecule is C#CC(CC(=O)O)NC(=O)CNC(=O)c1ccc(Cl)c(N=C(N)N)c1. The fraction of sp³-hybridized carbons (Fsp3) is 0.200. The van der Waals surface area contributed by atoms with Gasteiger partial charge in [0.2, 0.25) is 5.91 Å². The minimum Gasteiger partial charge on any atom is -0.481 e. The van der Waals surface area contributed by atoms with Crippen LogP contribution in [0.5, 0.6) is 0 Å². The van der Waals surface area contributed by atoms with Gasteiger partial charge in [-0.1, -0.05) is 17.5 Å². The van der Waals surface area contributed by atoms with E-state index in [0.717, 1.165) is 0 Å². The Hall–Kier alpha value is -3.25. The number of benzene rings is 1. The first kappa shape index (κ1) is 19.8. The lowest BCUT2D eigenvalue weighted by Gasteiger charge is -2.11. The maximum absolute atomic E-state index is 12.1. The zero-order valence-electron chi connectivity index (χ0n) is 13.0. The van der Waals surface area contributed by atoms with Crippen LogP contribution in [-0.2, 0) is 9.59 Å². The Morgan fingerprint density at radius 1 is 1.36 bits per heavy atom. The second kappa shape index (κ2) is 9.14. The fourth-order valence-corrected chi connectivity index (χ4v) is 1.87. The number of hydrogen-bond donors (Lipinski definition) is 5. The highest BCUT2D eigenvalue weighted by Gasteiger charge is 2.15. The molecule has 1 unspecified atom stereocenters. The van der Waals surface area contributed by atoms with Gasteiger partial charge >= 0.3 is 5.97 Å². The standard InChI is InChI=1S/C15H16ClN5O4/c1-2-9(6-13(23)24)20-12(22)7-19-14(25)8-3-4-10(16)11(5-8)21-15(17)18/h1,3-5,9H,6-7H2,(H,19,25)(H,20,22)(H,23,24)(H4,17,18,21). The molecule has 132 valence electrons. The van der Waals surface area contributed by atoms with Crippen molar-refractivity contribution in [2.75, 3.05) is 6.54 Å². The van der Waals surface area contributed by atoms with E-state index < -0.39 is 36.8 Å². The number of amides is 2. The highest BCUT2D eigenvalue weighted by atomic mass is 35.5. The Labute approximate surface area is 148 Å². The average Bonchev–Trinajstić information content (AvgIpc) is 2.53. The molecule has 0 heterocycles. The number of nitrogens with zero attached hydrogens (tertiary/aromatic N) is 1. The molecule has 0 bridgehead atoms. The number of guanidine groups is 1. The summed E-state index contributed by atoms with van der Waals surface area (Å²) in [5.41, 5.74) is 10.9. The third-order valence-electron chi connectivity index (χ3n) is 2.78. The van der Waals surface area contributed by atoms with Crippen LogP contribution in [0.15, 0.2) is 23.2 Å². The van der Waals surface area contributed by atoms with E-state index in [1.165, 1.54) is 18.2 Å². The summed E-state index contributed by atoms with van der Waals surface area (Å²) >= 11 is 5.91. The molecule has 0 spiro atoms. The van der Waals surface area contributed by atoms with Crippen molar-refractivity contribution in [3.8, 4) is 12.3 Å². The first-order chi connectivity index (χ1) is 11.7. The van der Waals surface area contributed by atoms with Gasteiger partial charge in [-0.05, 0) is 18.2 Å². The molecule has 0 aliphatic rings. The number of carbonyl (C=O) groups is 3. The summed E-state index contributed by atoms with van der Waals surface area (Å²) in [6, 6.07) is 3.24. The van der Waals surface area contributed by atoms with Gasteiger partial charge in [-0.2, -0.15) is 0 Å². The van der Waals surface area contributed by atoms with Gasteiger partial charge in [0.1, 0.15) is 6.04 Å². The molecule has 2 amide bonds. The molecule has 1 aromatic rings. The van der Waals surface area contributed by atoms with Crippen LogP contribution in [0.25, 0.3) is 0 Å². The van der Waals surface area contributed by atoms with Gasteiger partial charge in [-0.3, -0.25) is 14.4 Å². The Morgan fingerprint density at radius 2 is 2.04 bits per heavy atom. The average molecular weight is 366 g/mol. The quantitative estimate of drug-likeness (QED) is 0.250. The van der Waals surface area contributed by atoms with Crippen LogP contribution >= 0.6 is 11.6 Å². The normalized spacial score (nSPS) is 10.9. The van der Waals surface area contributed by atoms with Gasteiger partial charge in [0, 0.05) is 5.56 Å². The molecule has 9 nitrogen and oxygen atoms in total. The first-order valence-corrected chi connectivity index (χ1v) is 7.25. The minimum absolute atomic E-state index is 0.177.